The lowest BCUT2D eigenvalue weighted by atomic mass is 10.1. The highest BCUT2D eigenvalue weighted by Gasteiger charge is 2.06. The molecule has 0 atom stereocenters. The fourth-order valence-corrected chi connectivity index (χ4v) is 1.96. The number of nitriles is 2. The van der Waals surface area contributed by atoms with Gasteiger partial charge in [-0.2, -0.15) is 10.5 Å². The molecule has 4 nitrogen and oxygen atoms in total. The standard InChI is InChI=1S/C17H12N2O2/c1-12-6-13(4-5-20)2-3-17(12)21-16-8-14(10-18)7-15(9-16)11-19/h2-3,5-9H,4H2,1H3. The maximum Gasteiger partial charge on any atom is 0.130 e. The number of ether oxygens (including phenoxy) is 1. The summed E-state index contributed by atoms with van der Waals surface area (Å²) in [6.45, 7) is 1.88. The molecule has 0 radical (unpaired) electrons. The highest BCUT2D eigenvalue weighted by Crippen LogP contribution is 2.27. The zero-order valence-corrected chi connectivity index (χ0v) is 11.5. The number of rotatable bonds is 4. The third-order valence-corrected chi connectivity index (χ3v) is 2.95. The van der Waals surface area contributed by atoms with Gasteiger partial charge in [-0.15, -0.1) is 0 Å². The van der Waals surface area contributed by atoms with E-state index in [9.17, 15) is 4.79 Å². The van der Waals surface area contributed by atoms with Gasteiger partial charge in [-0.1, -0.05) is 12.1 Å². The number of carbonyl (C=O) groups is 1. The van der Waals surface area contributed by atoms with Crippen LogP contribution in [0.25, 0.3) is 0 Å². The first kappa shape index (κ1) is 14.3. The summed E-state index contributed by atoms with van der Waals surface area (Å²) in [5, 5.41) is 17.9. The van der Waals surface area contributed by atoms with Crippen molar-refractivity contribution in [2.45, 2.75) is 13.3 Å². The van der Waals surface area contributed by atoms with E-state index in [0.717, 1.165) is 17.4 Å². The van der Waals surface area contributed by atoms with Gasteiger partial charge in [-0.05, 0) is 42.3 Å². The summed E-state index contributed by atoms with van der Waals surface area (Å²) in [7, 11) is 0. The molecule has 102 valence electrons. The average molecular weight is 276 g/mol. The molecular formula is C17H12N2O2. The molecular weight excluding hydrogens is 264 g/mol. The zero-order chi connectivity index (χ0) is 15.2. The Balaban J connectivity index is 2.32. The van der Waals surface area contributed by atoms with E-state index in [2.05, 4.69) is 0 Å². The van der Waals surface area contributed by atoms with Crippen LogP contribution in [0.2, 0.25) is 0 Å². The van der Waals surface area contributed by atoms with E-state index < -0.39 is 0 Å². The summed E-state index contributed by atoms with van der Waals surface area (Å²) < 4.78 is 5.74. The summed E-state index contributed by atoms with van der Waals surface area (Å²) in [4.78, 5) is 10.5. The summed E-state index contributed by atoms with van der Waals surface area (Å²) in [6.07, 6.45) is 1.22. The molecule has 0 aromatic heterocycles. The topological polar surface area (TPSA) is 73.9 Å². The van der Waals surface area contributed by atoms with Crippen molar-refractivity contribution in [2.24, 2.45) is 0 Å². The highest BCUT2D eigenvalue weighted by molar-refractivity contribution is 5.56. The van der Waals surface area contributed by atoms with Gasteiger partial charge in [0.2, 0.25) is 0 Å². The molecule has 2 rings (SSSR count). The molecule has 0 fully saturated rings. The molecule has 4 heteroatoms. The third kappa shape index (κ3) is 3.46. The van der Waals surface area contributed by atoms with Gasteiger partial charge in [0.25, 0.3) is 0 Å². The second-order valence-electron chi connectivity index (χ2n) is 4.54. The molecule has 0 unspecified atom stereocenters. The summed E-state index contributed by atoms with van der Waals surface area (Å²) in [6, 6.07) is 14.1. The van der Waals surface area contributed by atoms with Crippen molar-refractivity contribution in [1.82, 2.24) is 0 Å². The molecule has 21 heavy (non-hydrogen) atoms. The van der Waals surface area contributed by atoms with Crippen molar-refractivity contribution >= 4 is 6.29 Å². The number of hydrogen-bond donors (Lipinski definition) is 0. The van der Waals surface area contributed by atoms with Crippen molar-refractivity contribution in [3.05, 3.63) is 58.7 Å². The van der Waals surface area contributed by atoms with Gasteiger partial charge >= 0.3 is 0 Å². The minimum absolute atomic E-state index is 0.365. The van der Waals surface area contributed by atoms with Crippen LogP contribution in [0.1, 0.15) is 22.3 Å². The van der Waals surface area contributed by atoms with E-state index >= 15 is 0 Å². The number of benzene rings is 2. The number of nitrogens with zero attached hydrogens (tertiary/aromatic N) is 2. The Morgan fingerprint density at radius 1 is 1.10 bits per heavy atom. The SMILES string of the molecule is Cc1cc(CC=O)ccc1Oc1cc(C#N)cc(C#N)c1. The molecule has 0 bridgehead atoms. The lowest BCUT2D eigenvalue weighted by molar-refractivity contribution is -0.107. The van der Waals surface area contributed by atoms with Crippen molar-refractivity contribution in [1.29, 1.82) is 10.5 Å². The van der Waals surface area contributed by atoms with Gasteiger partial charge < -0.3 is 9.53 Å². The van der Waals surface area contributed by atoms with Crippen LogP contribution in [0, 0.1) is 29.6 Å². The van der Waals surface area contributed by atoms with Crippen molar-refractivity contribution in [3.63, 3.8) is 0 Å². The quantitative estimate of drug-likeness (QED) is 0.803. The van der Waals surface area contributed by atoms with E-state index in [1.54, 1.807) is 18.2 Å². The van der Waals surface area contributed by atoms with E-state index in [1.165, 1.54) is 6.07 Å². The highest BCUT2D eigenvalue weighted by atomic mass is 16.5. The minimum atomic E-state index is 0.365. The first-order valence-corrected chi connectivity index (χ1v) is 6.32. The Morgan fingerprint density at radius 3 is 2.29 bits per heavy atom. The Labute approximate surface area is 122 Å². The molecule has 2 aromatic carbocycles. The zero-order valence-electron chi connectivity index (χ0n) is 11.5. The maximum atomic E-state index is 10.5. The van der Waals surface area contributed by atoms with Crippen LogP contribution in [0.15, 0.2) is 36.4 Å². The van der Waals surface area contributed by atoms with Gasteiger partial charge in [0.05, 0.1) is 23.3 Å². The number of hydrogen-bond acceptors (Lipinski definition) is 4. The van der Waals surface area contributed by atoms with E-state index in [0.29, 0.717) is 29.0 Å². The maximum absolute atomic E-state index is 10.5. The van der Waals surface area contributed by atoms with E-state index in [4.69, 9.17) is 15.3 Å². The molecule has 0 N–H and O–H groups in total. The Morgan fingerprint density at radius 2 is 1.76 bits per heavy atom. The van der Waals surface area contributed by atoms with Crippen LogP contribution < -0.4 is 4.74 Å². The van der Waals surface area contributed by atoms with E-state index in [1.807, 2.05) is 31.2 Å². The minimum Gasteiger partial charge on any atom is -0.457 e. The summed E-state index contributed by atoms with van der Waals surface area (Å²) in [5.41, 5.74) is 2.55. The fraction of sp³-hybridized carbons (Fsp3) is 0.118. The first-order chi connectivity index (χ1) is 10.2. The number of carbonyl (C=O) groups excluding carboxylic acids is 1. The normalized spacial score (nSPS) is 9.48. The Kier molecular flexibility index (Phi) is 4.33. The molecule has 0 saturated carbocycles. The summed E-state index contributed by atoms with van der Waals surface area (Å²) >= 11 is 0. The molecule has 0 saturated heterocycles. The van der Waals surface area contributed by atoms with Crippen LogP contribution >= 0.6 is 0 Å². The van der Waals surface area contributed by atoms with Crippen LogP contribution in [0.4, 0.5) is 0 Å². The molecule has 0 amide bonds. The second-order valence-corrected chi connectivity index (χ2v) is 4.54. The Hall–Kier alpha value is -3.11. The summed E-state index contributed by atoms with van der Waals surface area (Å²) in [5.74, 6) is 1.07. The van der Waals surface area contributed by atoms with Crippen LogP contribution in [-0.4, -0.2) is 6.29 Å². The lowest BCUT2D eigenvalue weighted by Crippen LogP contribution is -1.92. The predicted octanol–water partition coefficient (Wildman–Crippen LogP) is 3.27. The van der Waals surface area contributed by atoms with Crippen LogP contribution in [0.3, 0.4) is 0 Å². The third-order valence-electron chi connectivity index (χ3n) is 2.95. The molecule has 0 heterocycles. The molecule has 0 spiro atoms. The first-order valence-electron chi connectivity index (χ1n) is 6.32. The number of aryl methyl sites for hydroxylation is 1. The lowest BCUT2D eigenvalue weighted by Gasteiger charge is -2.10. The second kappa shape index (κ2) is 6.36. The fourth-order valence-electron chi connectivity index (χ4n) is 1.96. The van der Waals surface area contributed by atoms with Gasteiger partial charge in [0, 0.05) is 6.42 Å². The molecule has 2 aromatic rings. The van der Waals surface area contributed by atoms with Gasteiger partial charge in [0.15, 0.2) is 0 Å². The molecule has 0 aliphatic carbocycles. The van der Waals surface area contributed by atoms with Gasteiger partial charge in [0.1, 0.15) is 17.8 Å². The van der Waals surface area contributed by atoms with Crippen LogP contribution in [-0.2, 0) is 11.2 Å². The van der Waals surface area contributed by atoms with E-state index in [-0.39, 0.29) is 0 Å². The van der Waals surface area contributed by atoms with Crippen LogP contribution in [0.5, 0.6) is 11.5 Å². The monoisotopic (exact) mass is 276 g/mol. The predicted molar refractivity (Wildman–Crippen MR) is 76.9 cm³/mol. The molecule has 0 aliphatic heterocycles. The Bertz CT molecular complexity index is 735. The molecule has 0 aliphatic rings. The van der Waals surface area contributed by atoms with Crippen molar-refractivity contribution in [2.75, 3.05) is 0 Å². The van der Waals surface area contributed by atoms with Crippen molar-refractivity contribution < 1.29 is 9.53 Å². The average Bonchev–Trinajstić information content (AvgIpc) is 2.50. The van der Waals surface area contributed by atoms with Gasteiger partial charge in [-0.3, -0.25) is 0 Å². The smallest absolute Gasteiger partial charge is 0.130 e. The van der Waals surface area contributed by atoms with Gasteiger partial charge in [-0.25, -0.2) is 0 Å². The van der Waals surface area contributed by atoms with Crippen molar-refractivity contribution in [3.8, 4) is 23.6 Å². The largest absolute Gasteiger partial charge is 0.457 e. The number of aldehydes is 1.